The number of fused-ring (bicyclic) bond motifs is 1. The molecule has 2 N–H and O–H groups in total. The van der Waals surface area contributed by atoms with Gasteiger partial charge in [0.2, 0.25) is 0 Å². The summed E-state index contributed by atoms with van der Waals surface area (Å²) in [6.07, 6.45) is 0.379. The molecule has 1 amide bonds. The van der Waals surface area contributed by atoms with Crippen molar-refractivity contribution in [3.63, 3.8) is 0 Å². The average molecular weight is 321 g/mol. The number of hydrogen-bond acceptors (Lipinski definition) is 3. The van der Waals surface area contributed by atoms with Crippen LogP contribution < -0.4 is 5.43 Å². The van der Waals surface area contributed by atoms with Crippen LogP contribution in [0.2, 0.25) is 0 Å². The quantitative estimate of drug-likeness (QED) is 0.573. The Balaban J connectivity index is 1.78. The molecule has 5 nitrogen and oxygen atoms in total. The Labute approximate surface area is 140 Å². The summed E-state index contributed by atoms with van der Waals surface area (Å²) in [5.74, 6) is -0.560. The van der Waals surface area contributed by atoms with E-state index < -0.39 is 12.0 Å². The van der Waals surface area contributed by atoms with Gasteiger partial charge in [-0.15, -0.1) is 0 Å². The highest BCUT2D eigenvalue weighted by molar-refractivity contribution is 6.01. The van der Waals surface area contributed by atoms with E-state index in [1.807, 2.05) is 44.3 Å². The van der Waals surface area contributed by atoms with Crippen molar-refractivity contribution < 1.29 is 9.90 Å². The van der Waals surface area contributed by atoms with Gasteiger partial charge in [0.05, 0.1) is 6.21 Å². The van der Waals surface area contributed by atoms with Crippen molar-refractivity contribution in [1.29, 1.82) is 0 Å². The lowest BCUT2D eigenvalue weighted by Gasteiger charge is -2.08. The molecule has 0 saturated heterocycles. The van der Waals surface area contributed by atoms with Crippen LogP contribution in [0, 0.1) is 6.92 Å². The Bertz CT molecular complexity index is 898. The monoisotopic (exact) mass is 321 g/mol. The van der Waals surface area contributed by atoms with Gasteiger partial charge in [0.1, 0.15) is 0 Å². The van der Waals surface area contributed by atoms with E-state index in [9.17, 15) is 9.90 Å². The summed E-state index contributed by atoms with van der Waals surface area (Å²) in [4.78, 5) is 12.0. The summed E-state index contributed by atoms with van der Waals surface area (Å²) in [6.45, 7) is 2.00. The van der Waals surface area contributed by atoms with Crippen molar-refractivity contribution in [2.45, 2.75) is 13.0 Å². The number of carbonyl (C=O) groups excluding carboxylic acids is 1. The molecule has 0 bridgehead atoms. The topological polar surface area (TPSA) is 66.6 Å². The van der Waals surface area contributed by atoms with Gasteiger partial charge in [0, 0.05) is 29.2 Å². The van der Waals surface area contributed by atoms with Gasteiger partial charge in [0.25, 0.3) is 5.91 Å². The number of amides is 1. The van der Waals surface area contributed by atoms with Gasteiger partial charge in [-0.3, -0.25) is 4.79 Å². The van der Waals surface area contributed by atoms with Crippen LogP contribution in [-0.4, -0.2) is 21.8 Å². The van der Waals surface area contributed by atoms with Crippen LogP contribution >= 0.6 is 0 Å². The molecule has 1 aromatic heterocycles. The van der Waals surface area contributed by atoms with Crippen molar-refractivity contribution in [3.05, 3.63) is 71.4 Å². The van der Waals surface area contributed by atoms with Crippen LogP contribution in [0.4, 0.5) is 0 Å². The minimum atomic E-state index is -1.24. The van der Waals surface area contributed by atoms with Gasteiger partial charge >= 0.3 is 0 Å². The molecule has 0 radical (unpaired) electrons. The molecule has 1 atom stereocenters. The third-order valence-corrected chi connectivity index (χ3v) is 4.18. The number of nitrogens with one attached hydrogen (secondary N) is 1. The number of hydrazone groups is 1. The second-order valence-corrected chi connectivity index (χ2v) is 5.62. The second-order valence-electron chi connectivity index (χ2n) is 5.62. The fraction of sp³-hybridized carbons (Fsp3) is 0.158. The largest absolute Gasteiger partial charge is 0.378 e. The van der Waals surface area contributed by atoms with Gasteiger partial charge in [-0.2, -0.15) is 5.10 Å². The summed E-state index contributed by atoms with van der Waals surface area (Å²) in [5, 5.41) is 15.1. The number of aliphatic hydroxyl groups excluding tert-OH is 1. The third-order valence-electron chi connectivity index (χ3n) is 4.18. The second kappa shape index (κ2) is 6.68. The molecule has 0 saturated carbocycles. The van der Waals surface area contributed by atoms with Gasteiger partial charge < -0.3 is 9.67 Å². The summed E-state index contributed by atoms with van der Waals surface area (Å²) < 4.78 is 2.08. The van der Waals surface area contributed by atoms with Gasteiger partial charge in [-0.25, -0.2) is 5.43 Å². The number of hydrogen-bond donors (Lipinski definition) is 2. The first-order chi connectivity index (χ1) is 11.6. The molecule has 0 fully saturated rings. The molecule has 3 aromatic rings. The first-order valence-corrected chi connectivity index (χ1v) is 7.69. The molecule has 0 aliphatic heterocycles. The molecule has 5 heteroatoms. The number of para-hydroxylation sites is 1. The highest BCUT2D eigenvalue weighted by Crippen LogP contribution is 2.23. The zero-order valence-electron chi connectivity index (χ0n) is 13.6. The molecule has 122 valence electrons. The smallest absolute Gasteiger partial charge is 0.273 e. The number of aryl methyl sites for hydroxylation is 1. The molecule has 2 aromatic carbocycles. The SMILES string of the molecule is Cc1c(C=NNC(=O)[C@@H](O)c2ccccc2)c2ccccc2n1C. The van der Waals surface area contributed by atoms with E-state index in [4.69, 9.17) is 0 Å². The Hall–Kier alpha value is -2.92. The maximum atomic E-state index is 12.0. The van der Waals surface area contributed by atoms with Crippen LogP contribution in [-0.2, 0) is 11.8 Å². The van der Waals surface area contributed by atoms with Crippen molar-refractivity contribution in [2.75, 3.05) is 0 Å². The first-order valence-electron chi connectivity index (χ1n) is 7.69. The molecule has 0 aliphatic carbocycles. The van der Waals surface area contributed by atoms with Gasteiger partial charge in [0.15, 0.2) is 6.10 Å². The van der Waals surface area contributed by atoms with E-state index >= 15 is 0 Å². The van der Waals surface area contributed by atoms with Crippen molar-refractivity contribution >= 4 is 23.0 Å². The van der Waals surface area contributed by atoms with Crippen LogP contribution in [0.1, 0.15) is 22.9 Å². The van der Waals surface area contributed by atoms with Crippen molar-refractivity contribution in [1.82, 2.24) is 9.99 Å². The lowest BCUT2D eigenvalue weighted by atomic mass is 10.1. The summed E-state index contributed by atoms with van der Waals surface area (Å²) >= 11 is 0. The number of rotatable bonds is 4. The minimum Gasteiger partial charge on any atom is -0.378 e. The van der Waals surface area contributed by atoms with Crippen molar-refractivity contribution in [2.24, 2.45) is 12.1 Å². The molecule has 24 heavy (non-hydrogen) atoms. The molecular weight excluding hydrogens is 302 g/mol. The van der Waals surface area contributed by atoms with E-state index in [-0.39, 0.29) is 0 Å². The summed E-state index contributed by atoms with van der Waals surface area (Å²) in [6, 6.07) is 16.8. The third kappa shape index (κ3) is 2.94. The molecule has 0 unspecified atom stereocenters. The number of aliphatic hydroxyl groups is 1. The van der Waals surface area contributed by atoms with Crippen LogP contribution in [0.3, 0.4) is 0 Å². The first kappa shape index (κ1) is 16.0. The molecular formula is C19H19N3O2. The van der Waals surface area contributed by atoms with E-state index in [0.29, 0.717) is 5.56 Å². The van der Waals surface area contributed by atoms with Crippen molar-refractivity contribution in [3.8, 4) is 0 Å². The highest BCUT2D eigenvalue weighted by atomic mass is 16.3. The Kier molecular flexibility index (Phi) is 4.44. The Morgan fingerprint density at radius 2 is 1.83 bits per heavy atom. The number of aromatic nitrogens is 1. The summed E-state index contributed by atoms with van der Waals surface area (Å²) in [5.41, 5.74) is 6.04. The number of benzene rings is 2. The predicted molar refractivity (Wildman–Crippen MR) is 94.8 cm³/mol. The molecule has 0 spiro atoms. The normalized spacial score (nSPS) is 12.6. The van der Waals surface area contributed by atoms with Gasteiger partial charge in [-0.05, 0) is 18.6 Å². The highest BCUT2D eigenvalue weighted by Gasteiger charge is 2.16. The Morgan fingerprint density at radius 1 is 1.17 bits per heavy atom. The van der Waals surface area contributed by atoms with Gasteiger partial charge in [-0.1, -0.05) is 48.5 Å². The van der Waals surface area contributed by atoms with Crippen LogP contribution in [0.15, 0.2) is 59.7 Å². The lowest BCUT2D eigenvalue weighted by molar-refractivity contribution is -0.129. The van der Waals surface area contributed by atoms with E-state index in [2.05, 4.69) is 15.1 Å². The standard InChI is InChI=1S/C19H19N3O2/c1-13-16(15-10-6-7-11-17(15)22(13)2)12-20-21-19(24)18(23)14-8-4-3-5-9-14/h3-12,18,23H,1-2H3,(H,21,24)/t18-/m0/s1. The lowest BCUT2D eigenvalue weighted by Crippen LogP contribution is -2.25. The average Bonchev–Trinajstić information content (AvgIpc) is 2.87. The zero-order valence-corrected chi connectivity index (χ0v) is 13.6. The predicted octanol–water partition coefficient (Wildman–Crippen LogP) is 2.67. The van der Waals surface area contributed by atoms with Crippen LogP contribution in [0.5, 0.6) is 0 Å². The van der Waals surface area contributed by atoms with E-state index in [1.54, 1.807) is 30.5 Å². The zero-order chi connectivity index (χ0) is 17.1. The fourth-order valence-electron chi connectivity index (χ4n) is 2.72. The fourth-order valence-corrected chi connectivity index (χ4v) is 2.72. The summed E-state index contributed by atoms with van der Waals surface area (Å²) in [7, 11) is 1.99. The molecule has 3 rings (SSSR count). The van der Waals surface area contributed by atoms with E-state index in [0.717, 1.165) is 22.2 Å². The minimum absolute atomic E-state index is 0.534. The Morgan fingerprint density at radius 3 is 2.58 bits per heavy atom. The maximum Gasteiger partial charge on any atom is 0.273 e. The number of carbonyl (C=O) groups is 1. The molecule has 1 heterocycles. The van der Waals surface area contributed by atoms with E-state index in [1.165, 1.54) is 0 Å². The maximum absolute atomic E-state index is 12.0. The molecule has 0 aliphatic rings. The number of nitrogens with zero attached hydrogens (tertiary/aromatic N) is 2. The van der Waals surface area contributed by atoms with Crippen LogP contribution in [0.25, 0.3) is 10.9 Å².